The van der Waals surface area contributed by atoms with Gasteiger partial charge in [-0.2, -0.15) is 0 Å². The van der Waals surface area contributed by atoms with E-state index in [9.17, 15) is 4.79 Å². The van der Waals surface area contributed by atoms with Crippen molar-refractivity contribution in [3.05, 3.63) is 0 Å². The third-order valence-corrected chi connectivity index (χ3v) is 1.65. The van der Waals surface area contributed by atoms with Gasteiger partial charge in [0.15, 0.2) is 0 Å². The first-order valence-electron chi connectivity index (χ1n) is 4.63. The zero-order valence-corrected chi connectivity index (χ0v) is 8.12. The molecule has 0 N–H and O–H groups in total. The summed E-state index contributed by atoms with van der Waals surface area (Å²) in [6, 6.07) is 0. The van der Waals surface area contributed by atoms with E-state index in [-0.39, 0.29) is 6.29 Å². The molecule has 1 rings (SSSR count). The Bertz CT molecular complexity index is 161. The highest BCUT2D eigenvalue weighted by molar-refractivity contribution is 5.59. The molecule has 1 aliphatic rings. The summed E-state index contributed by atoms with van der Waals surface area (Å²) < 4.78 is 14.8. The summed E-state index contributed by atoms with van der Waals surface area (Å²) in [4.78, 5) is 11.0. The predicted octanol–water partition coefficient (Wildman–Crippen LogP) is 1.93. The fraction of sp³-hybridized carbons (Fsp3) is 0.889. The Hall–Kier alpha value is -0.770. The standard InChI is InChI=1S/C9H16O4/c1-7(2)6-12-9(10)13-8-4-3-5-11-8/h7-8H,3-6H2,1-2H3. The van der Waals surface area contributed by atoms with Crippen LogP contribution < -0.4 is 0 Å². The minimum Gasteiger partial charge on any atom is -0.434 e. The summed E-state index contributed by atoms with van der Waals surface area (Å²) >= 11 is 0. The maximum atomic E-state index is 11.0. The Balaban J connectivity index is 2.09. The minimum absolute atomic E-state index is 0.331. The fourth-order valence-corrected chi connectivity index (χ4v) is 1.02. The smallest absolute Gasteiger partial charge is 0.434 e. The molecule has 1 saturated heterocycles. The average Bonchev–Trinajstić information content (AvgIpc) is 2.53. The van der Waals surface area contributed by atoms with Gasteiger partial charge in [-0.25, -0.2) is 4.79 Å². The molecule has 76 valence electrons. The summed E-state index contributed by atoms with van der Waals surface area (Å²) in [7, 11) is 0. The predicted molar refractivity (Wildman–Crippen MR) is 46.2 cm³/mol. The average molecular weight is 188 g/mol. The van der Waals surface area contributed by atoms with E-state index < -0.39 is 6.16 Å². The second-order valence-electron chi connectivity index (χ2n) is 3.52. The molecule has 1 unspecified atom stereocenters. The lowest BCUT2D eigenvalue weighted by Gasteiger charge is -2.11. The van der Waals surface area contributed by atoms with Crippen molar-refractivity contribution < 1.29 is 19.0 Å². The Labute approximate surface area is 78.2 Å². The van der Waals surface area contributed by atoms with Gasteiger partial charge in [-0.3, -0.25) is 0 Å². The van der Waals surface area contributed by atoms with E-state index >= 15 is 0 Å². The molecule has 0 spiro atoms. The van der Waals surface area contributed by atoms with E-state index in [1.54, 1.807) is 0 Å². The van der Waals surface area contributed by atoms with Crippen molar-refractivity contribution in [3.8, 4) is 0 Å². The summed E-state index contributed by atoms with van der Waals surface area (Å²) in [5.74, 6) is 0.331. The van der Waals surface area contributed by atoms with Crippen molar-refractivity contribution in [1.29, 1.82) is 0 Å². The van der Waals surface area contributed by atoms with Crippen molar-refractivity contribution >= 4 is 6.16 Å². The van der Waals surface area contributed by atoms with Crippen LogP contribution in [0.3, 0.4) is 0 Å². The molecule has 0 radical (unpaired) electrons. The van der Waals surface area contributed by atoms with Gasteiger partial charge >= 0.3 is 6.16 Å². The quantitative estimate of drug-likeness (QED) is 0.635. The van der Waals surface area contributed by atoms with E-state index in [2.05, 4.69) is 0 Å². The number of carbonyl (C=O) groups excluding carboxylic acids is 1. The van der Waals surface area contributed by atoms with Crippen molar-refractivity contribution in [2.75, 3.05) is 13.2 Å². The van der Waals surface area contributed by atoms with Crippen molar-refractivity contribution in [2.24, 2.45) is 5.92 Å². The molecular formula is C9H16O4. The molecule has 4 heteroatoms. The molecule has 1 heterocycles. The molecule has 0 saturated carbocycles. The van der Waals surface area contributed by atoms with Crippen LogP contribution >= 0.6 is 0 Å². The second-order valence-corrected chi connectivity index (χ2v) is 3.52. The zero-order chi connectivity index (χ0) is 9.68. The number of hydrogen-bond donors (Lipinski definition) is 0. The molecule has 1 aliphatic heterocycles. The maximum absolute atomic E-state index is 11.0. The number of rotatable bonds is 3. The lowest BCUT2D eigenvalue weighted by atomic mass is 10.2. The zero-order valence-electron chi connectivity index (χ0n) is 8.12. The monoisotopic (exact) mass is 188 g/mol. The largest absolute Gasteiger partial charge is 0.510 e. The summed E-state index contributed by atoms with van der Waals surface area (Å²) in [5, 5.41) is 0. The Kier molecular flexibility index (Phi) is 4.02. The summed E-state index contributed by atoms with van der Waals surface area (Å²) in [6.07, 6.45) is 0.707. The lowest BCUT2D eigenvalue weighted by molar-refractivity contribution is -0.0930. The lowest BCUT2D eigenvalue weighted by Crippen LogP contribution is -2.19. The van der Waals surface area contributed by atoms with Crippen LogP contribution in [0, 0.1) is 5.92 Å². The van der Waals surface area contributed by atoms with Crippen LogP contribution in [-0.2, 0) is 14.2 Å². The minimum atomic E-state index is -0.624. The van der Waals surface area contributed by atoms with Crippen LogP contribution in [0.4, 0.5) is 4.79 Å². The van der Waals surface area contributed by atoms with E-state index in [1.165, 1.54) is 0 Å². The molecule has 1 atom stereocenters. The van der Waals surface area contributed by atoms with Crippen LogP contribution in [0.15, 0.2) is 0 Å². The van der Waals surface area contributed by atoms with Gasteiger partial charge in [-0.15, -0.1) is 0 Å². The van der Waals surface area contributed by atoms with Gasteiger partial charge in [0, 0.05) is 6.42 Å². The molecule has 1 fully saturated rings. The number of hydrogen-bond acceptors (Lipinski definition) is 4. The van der Waals surface area contributed by atoms with Gasteiger partial charge in [0.05, 0.1) is 13.2 Å². The highest BCUT2D eigenvalue weighted by atomic mass is 16.8. The van der Waals surface area contributed by atoms with Gasteiger partial charge in [-0.1, -0.05) is 13.8 Å². The van der Waals surface area contributed by atoms with Gasteiger partial charge in [0.2, 0.25) is 6.29 Å². The third kappa shape index (κ3) is 4.12. The van der Waals surface area contributed by atoms with Crippen LogP contribution in [0.2, 0.25) is 0 Å². The molecule has 0 aromatic rings. The first-order valence-corrected chi connectivity index (χ1v) is 4.63. The number of ether oxygens (including phenoxy) is 3. The Morgan fingerprint density at radius 2 is 2.38 bits per heavy atom. The third-order valence-electron chi connectivity index (χ3n) is 1.65. The molecule has 0 amide bonds. The highest BCUT2D eigenvalue weighted by Crippen LogP contribution is 2.13. The summed E-state index contributed by atoms with van der Waals surface area (Å²) in [5.41, 5.74) is 0. The Morgan fingerprint density at radius 1 is 1.62 bits per heavy atom. The van der Waals surface area contributed by atoms with Gasteiger partial charge in [-0.05, 0) is 12.3 Å². The normalized spacial score (nSPS) is 21.9. The topological polar surface area (TPSA) is 44.8 Å². The molecule has 0 aliphatic carbocycles. The van der Waals surface area contributed by atoms with Gasteiger partial charge in [0.1, 0.15) is 0 Å². The first-order chi connectivity index (χ1) is 6.18. The first kappa shape index (κ1) is 10.3. The van der Waals surface area contributed by atoms with Crippen molar-refractivity contribution in [1.82, 2.24) is 0 Å². The van der Waals surface area contributed by atoms with Crippen LogP contribution in [0.25, 0.3) is 0 Å². The van der Waals surface area contributed by atoms with Crippen molar-refractivity contribution in [3.63, 3.8) is 0 Å². The Morgan fingerprint density at radius 3 is 2.92 bits per heavy atom. The van der Waals surface area contributed by atoms with Crippen LogP contribution in [0.1, 0.15) is 26.7 Å². The van der Waals surface area contributed by atoms with E-state index in [4.69, 9.17) is 14.2 Å². The molecular weight excluding hydrogens is 172 g/mol. The van der Waals surface area contributed by atoms with E-state index in [1.807, 2.05) is 13.8 Å². The van der Waals surface area contributed by atoms with Crippen molar-refractivity contribution in [2.45, 2.75) is 33.0 Å². The van der Waals surface area contributed by atoms with E-state index in [0.717, 1.165) is 12.8 Å². The van der Waals surface area contributed by atoms with E-state index in [0.29, 0.717) is 19.1 Å². The molecule has 0 aromatic carbocycles. The van der Waals surface area contributed by atoms with Gasteiger partial charge < -0.3 is 14.2 Å². The number of carbonyl (C=O) groups is 1. The summed E-state index contributed by atoms with van der Waals surface area (Å²) in [6.45, 7) is 5.01. The molecule has 0 aromatic heterocycles. The molecule has 4 nitrogen and oxygen atoms in total. The van der Waals surface area contributed by atoms with Crippen LogP contribution in [0.5, 0.6) is 0 Å². The molecule has 0 bridgehead atoms. The van der Waals surface area contributed by atoms with Crippen LogP contribution in [-0.4, -0.2) is 25.7 Å². The maximum Gasteiger partial charge on any atom is 0.510 e. The SMILES string of the molecule is CC(C)COC(=O)OC1CCCO1. The highest BCUT2D eigenvalue weighted by Gasteiger charge is 2.20. The van der Waals surface area contributed by atoms with Gasteiger partial charge in [0.25, 0.3) is 0 Å². The fourth-order valence-electron chi connectivity index (χ4n) is 1.02. The molecule has 13 heavy (non-hydrogen) atoms. The second kappa shape index (κ2) is 5.07.